The van der Waals surface area contributed by atoms with Crippen LogP contribution in [0.5, 0.6) is 0 Å². The van der Waals surface area contributed by atoms with Crippen LogP contribution in [0.1, 0.15) is 68.6 Å². The van der Waals surface area contributed by atoms with Crippen LogP contribution < -0.4 is 5.32 Å². The zero-order valence-corrected chi connectivity index (χ0v) is 17.6. The molecule has 0 spiro atoms. The number of ketones is 1. The quantitative estimate of drug-likeness (QED) is 0.298. The van der Waals surface area contributed by atoms with Crippen LogP contribution >= 0.6 is 0 Å². The maximum atomic E-state index is 12.8. The fourth-order valence-corrected chi connectivity index (χ4v) is 3.20. The van der Waals surface area contributed by atoms with Crippen molar-refractivity contribution in [3.8, 4) is 0 Å². The second kappa shape index (κ2) is 11.3. The number of nitrogens with zero attached hydrogens (tertiary/aromatic N) is 2. The monoisotopic (exact) mass is 401 g/mol. The second-order valence-electron chi connectivity index (χ2n) is 7.62. The number of carbonyl (C=O) groups is 3. The molecule has 0 saturated heterocycles. The molecule has 7 nitrogen and oxygen atoms in total. The maximum Gasteiger partial charge on any atom is 0.435 e. The van der Waals surface area contributed by atoms with Crippen LogP contribution in [0.25, 0.3) is 0 Å². The number of hydrogen-bond donors (Lipinski definition) is 1. The van der Waals surface area contributed by atoms with Crippen LogP contribution in [0.2, 0.25) is 0 Å². The molecule has 2 rings (SSSR count). The van der Waals surface area contributed by atoms with E-state index in [1.165, 1.54) is 11.3 Å². The van der Waals surface area contributed by atoms with Gasteiger partial charge in [0.2, 0.25) is 11.7 Å². The molecule has 2 amide bonds. The Morgan fingerprint density at radius 1 is 1.10 bits per heavy atom. The number of Topliss-reactive ketones (excluding diaryl/α,β-unsaturated/α-hetero) is 1. The normalized spacial score (nSPS) is 14.9. The van der Waals surface area contributed by atoms with Crippen molar-refractivity contribution < 1.29 is 19.2 Å². The van der Waals surface area contributed by atoms with Crippen LogP contribution in [-0.2, 0) is 9.63 Å². The van der Waals surface area contributed by atoms with Gasteiger partial charge in [0.05, 0.1) is 0 Å². The molecule has 1 fully saturated rings. The number of oxime groups is 1. The molecule has 0 unspecified atom stereocenters. The summed E-state index contributed by atoms with van der Waals surface area (Å²) in [4.78, 5) is 42.9. The molecule has 1 aliphatic carbocycles. The Hall–Kier alpha value is -2.70. The van der Waals surface area contributed by atoms with Crippen molar-refractivity contribution in [3.05, 3.63) is 29.8 Å². The highest BCUT2D eigenvalue weighted by molar-refractivity contribution is 6.45. The number of carbonyl (C=O) groups excluding carboxylic acids is 3. The summed E-state index contributed by atoms with van der Waals surface area (Å²) in [5.41, 5.74) is 1.32. The summed E-state index contributed by atoms with van der Waals surface area (Å²) in [5, 5.41) is 6.74. The van der Waals surface area contributed by atoms with Gasteiger partial charge in [0, 0.05) is 31.3 Å². The van der Waals surface area contributed by atoms with E-state index in [1.807, 2.05) is 6.92 Å². The first-order chi connectivity index (χ1) is 13.9. The minimum absolute atomic E-state index is 0.0459. The van der Waals surface area contributed by atoms with Crippen molar-refractivity contribution in [1.82, 2.24) is 4.90 Å². The Bertz CT molecular complexity index is 735. The highest BCUT2D eigenvalue weighted by atomic mass is 16.7. The molecule has 0 radical (unpaired) electrons. The molecule has 1 aromatic rings. The Kier molecular flexibility index (Phi) is 8.83. The lowest BCUT2D eigenvalue weighted by molar-refractivity contribution is -0.120. The molecule has 7 heteroatoms. The molecule has 29 heavy (non-hydrogen) atoms. The summed E-state index contributed by atoms with van der Waals surface area (Å²) in [5.74, 6) is -0.163. The summed E-state index contributed by atoms with van der Waals surface area (Å²) in [7, 11) is 3.09. The molecule has 0 aromatic heterocycles. The van der Waals surface area contributed by atoms with E-state index in [9.17, 15) is 14.4 Å². The van der Waals surface area contributed by atoms with Gasteiger partial charge in [0.15, 0.2) is 0 Å². The molecule has 0 heterocycles. The Labute approximate surface area is 172 Å². The Morgan fingerprint density at radius 3 is 2.34 bits per heavy atom. The molecule has 0 aliphatic heterocycles. The molecular weight excluding hydrogens is 370 g/mol. The lowest BCUT2D eigenvalue weighted by Crippen LogP contribution is -2.24. The van der Waals surface area contributed by atoms with E-state index < -0.39 is 6.09 Å². The SMILES string of the molecule is CCCC/C(=N\OC(=O)N(C)C)C(=O)c1ccc(NC(=O)C2CCCCC2)cc1. The van der Waals surface area contributed by atoms with Crippen molar-refractivity contribution in [2.75, 3.05) is 19.4 Å². The summed E-state index contributed by atoms with van der Waals surface area (Å²) in [6.07, 6.45) is 6.72. The van der Waals surface area contributed by atoms with Crippen molar-refractivity contribution in [3.63, 3.8) is 0 Å². The predicted octanol–water partition coefficient (Wildman–Crippen LogP) is 4.63. The fraction of sp³-hybridized carbons (Fsp3) is 0.545. The average Bonchev–Trinajstić information content (AvgIpc) is 2.74. The first-order valence-corrected chi connectivity index (χ1v) is 10.3. The highest BCUT2D eigenvalue weighted by Crippen LogP contribution is 2.25. The van der Waals surface area contributed by atoms with Gasteiger partial charge in [-0.15, -0.1) is 0 Å². The van der Waals surface area contributed by atoms with Crippen molar-refractivity contribution in [2.24, 2.45) is 11.1 Å². The number of benzene rings is 1. The minimum atomic E-state index is -0.632. The number of unbranched alkanes of at least 4 members (excludes halogenated alkanes) is 1. The number of rotatable bonds is 8. The largest absolute Gasteiger partial charge is 0.435 e. The van der Waals surface area contributed by atoms with Gasteiger partial charge in [-0.2, -0.15) is 0 Å². The maximum absolute atomic E-state index is 12.8. The van der Waals surface area contributed by atoms with Gasteiger partial charge in [0.25, 0.3) is 0 Å². The van der Waals surface area contributed by atoms with Gasteiger partial charge in [0.1, 0.15) is 5.71 Å². The lowest BCUT2D eigenvalue weighted by atomic mass is 9.88. The van der Waals surface area contributed by atoms with Gasteiger partial charge in [-0.3, -0.25) is 14.4 Å². The summed E-state index contributed by atoms with van der Waals surface area (Å²) >= 11 is 0. The first-order valence-electron chi connectivity index (χ1n) is 10.3. The van der Waals surface area contributed by atoms with Gasteiger partial charge >= 0.3 is 6.09 Å². The third kappa shape index (κ3) is 7.00. The van der Waals surface area contributed by atoms with Crippen molar-refractivity contribution in [1.29, 1.82) is 0 Å². The van der Waals surface area contributed by atoms with Crippen LogP contribution in [0.15, 0.2) is 29.4 Å². The highest BCUT2D eigenvalue weighted by Gasteiger charge is 2.21. The van der Waals surface area contributed by atoms with E-state index in [-0.39, 0.29) is 23.3 Å². The zero-order valence-electron chi connectivity index (χ0n) is 17.6. The van der Waals surface area contributed by atoms with Gasteiger partial charge < -0.3 is 10.2 Å². The van der Waals surface area contributed by atoms with E-state index in [0.717, 1.165) is 38.5 Å². The molecule has 1 N–H and O–H groups in total. The topological polar surface area (TPSA) is 88.1 Å². The van der Waals surface area contributed by atoms with E-state index in [0.29, 0.717) is 17.7 Å². The number of hydrogen-bond acceptors (Lipinski definition) is 5. The average molecular weight is 402 g/mol. The standard InChI is InChI=1S/C22H31N3O4/c1-4-5-11-19(24-29-22(28)25(2)3)20(26)16-12-14-18(15-13-16)23-21(27)17-9-7-6-8-10-17/h12-15,17H,4-11H2,1-3H3,(H,23,27)/b24-19+. The molecule has 0 bridgehead atoms. The Morgan fingerprint density at radius 2 is 1.76 bits per heavy atom. The molecular formula is C22H31N3O4. The minimum Gasteiger partial charge on any atom is -0.326 e. The summed E-state index contributed by atoms with van der Waals surface area (Å²) in [6, 6.07) is 6.76. The molecule has 1 aliphatic rings. The third-order valence-corrected chi connectivity index (χ3v) is 5.02. The molecule has 0 atom stereocenters. The first kappa shape index (κ1) is 22.6. The van der Waals surface area contributed by atoms with E-state index in [2.05, 4.69) is 10.5 Å². The zero-order chi connectivity index (χ0) is 21.2. The van der Waals surface area contributed by atoms with E-state index in [1.54, 1.807) is 38.4 Å². The van der Waals surface area contributed by atoms with Gasteiger partial charge in [-0.25, -0.2) is 4.79 Å². The van der Waals surface area contributed by atoms with Crippen molar-refractivity contribution in [2.45, 2.75) is 58.3 Å². The molecule has 1 saturated carbocycles. The van der Waals surface area contributed by atoms with E-state index >= 15 is 0 Å². The smallest absolute Gasteiger partial charge is 0.326 e. The third-order valence-electron chi connectivity index (χ3n) is 5.02. The van der Waals surface area contributed by atoms with E-state index in [4.69, 9.17) is 4.84 Å². The van der Waals surface area contributed by atoms with Crippen LogP contribution in [0, 0.1) is 5.92 Å². The number of nitrogens with one attached hydrogen (secondary N) is 1. The molecule has 158 valence electrons. The number of amides is 2. The van der Waals surface area contributed by atoms with Crippen LogP contribution in [-0.4, -0.2) is 42.5 Å². The summed E-state index contributed by atoms with van der Waals surface area (Å²) in [6.45, 7) is 2.01. The number of anilines is 1. The van der Waals surface area contributed by atoms with Gasteiger partial charge in [-0.1, -0.05) is 37.8 Å². The predicted molar refractivity (Wildman–Crippen MR) is 113 cm³/mol. The fourth-order valence-electron chi connectivity index (χ4n) is 3.20. The second-order valence-corrected chi connectivity index (χ2v) is 7.62. The molecule has 1 aromatic carbocycles. The van der Waals surface area contributed by atoms with Gasteiger partial charge in [-0.05, 0) is 49.9 Å². The summed E-state index contributed by atoms with van der Waals surface area (Å²) < 4.78 is 0. The Balaban J connectivity index is 2.04. The lowest BCUT2D eigenvalue weighted by Gasteiger charge is -2.20. The van der Waals surface area contributed by atoms with Crippen LogP contribution in [0.4, 0.5) is 10.5 Å². The van der Waals surface area contributed by atoms with Crippen molar-refractivity contribution >= 4 is 29.2 Å². The van der Waals surface area contributed by atoms with Crippen LogP contribution in [0.3, 0.4) is 0 Å².